The predicted molar refractivity (Wildman–Crippen MR) is 147 cm³/mol. The highest BCUT2D eigenvalue weighted by atomic mass is 35.5. The molecule has 1 fully saturated rings. The zero-order valence-electron chi connectivity index (χ0n) is 21.2. The minimum atomic E-state index is -0.205. The van der Waals surface area contributed by atoms with E-state index < -0.39 is 0 Å². The fourth-order valence-electron chi connectivity index (χ4n) is 5.42. The molecule has 8 heteroatoms. The molecule has 1 aromatic heterocycles. The van der Waals surface area contributed by atoms with E-state index in [4.69, 9.17) is 11.6 Å². The highest BCUT2D eigenvalue weighted by Gasteiger charge is 2.29. The van der Waals surface area contributed by atoms with Gasteiger partial charge in [0.25, 0.3) is 5.91 Å². The molecule has 2 aliphatic rings. The molecule has 2 heterocycles. The summed E-state index contributed by atoms with van der Waals surface area (Å²) in [4.78, 5) is 36.1. The molecule has 3 aromatic rings. The monoisotopic (exact) mass is 517 g/mol. The molecule has 1 N–H and O–H groups in total. The van der Waals surface area contributed by atoms with Crippen molar-refractivity contribution in [2.75, 3.05) is 37.0 Å². The van der Waals surface area contributed by atoms with E-state index in [0.29, 0.717) is 16.3 Å². The van der Waals surface area contributed by atoms with Crippen LogP contribution in [0.1, 0.15) is 46.8 Å². The van der Waals surface area contributed by atoms with Gasteiger partial charge >= 0.3 is 6.03 Å². The molecule has 37 heavy (non-hydrogen) atoms. The van der Waals surface area contributed by atoms with E-state index >= 15 is 0 Å². The van der Waals surface area contributed by atoms with Crippen molar-refractivity contribution in [2.24, 2.45) is 0 Å². The lowest BCUT2D eigenvalue weighted by Gasteiger charge is -2.37. The van der Waals surface area contributed by atoms with Gasteiger partial charge in [-0.3, -0.25) is 14.7 Å². The van der Waals surface area contributed by atoms with Gasteiger partial charge in [0.2, 0.25) is 0 Å². The predicted octanol–water partition coefficient (Wildman–Crippen LogP) is 5.31. The standard InChI is InChI=1S/C29H32ClN5O2/c1-33(22-13-17-35(18-14-22)23-11-15-31-16-12-23)28(36)21-7-9-24-20(19-21)8-10-26(24)32-29(37)34(2)27-6-4-3-5-25(27)30/h3-7,9,11-12,15-16,19,22,26H,8,10,13-14,17-18H2,1-2H3,(H,32,37). The summed E-state index contributed by atoms with van der Waals surface area (Å²) in [5.41, 5.74) is 4.75. The van der Waals surface area contributed by atoms with E-state index in [1.54, 1.807) is 13.1 Å². The molecular formula is C29H32ClN5O2. The van der Waals surface area contributed by atoms with Crippen molar-refractivity contribution < 1.29 is 9.59 Å². The summed E-state index contributed by atoms with van der Waals surface area (Å²) in [6, 6.07) is 17.2. The summed E-state index contributed by atoms with van der Waals surface area (Å²) >= 11 is 6.26. The lowest BCUT2D eigenvalue weighted by molar-refractivity contribution is 0.0709. The molecule has 1 unspecified atom stereocenters. The fraction of sp³-hybridized carbons (Fsp3) is 0.345. The maximum Gasteiger partial charge on any atom is 0.322 e. The highest BCUT2D eigenvalue weighted by Crippen LogP contribution is 2.33. The molecular weight excluding hydrogens is 486 g/mol. The average Bonchev–Trinajstić information content (AvgIpc) is 3.34. The maximum absolute atomic E-state index is 13.3. The van der Waals surface area contributed by atoms with Crippen LogP contribution in [0.15, 0.2) is 67.0 Å². The Balaban J connectivity index is 1.20. The van der Waals surface area contributed by atoms with Gasteiger partial charge in [-0.1, -0.05) is 29.8 Å². The Kier molecular flexibility index (Phi) is 7.33. The number of amides is 3. The largest absolute Gasteiger partial charge is 0.371 e. The Labute approximate surface area is 223 Å². The summed E-state index contributed by atoms with van der Waals surface area (Å²) in [6.07, 6.45) is 7.13. The van der Waals surface area contributed by atoms with Gasteiger partial charge in [-0.15, -0.1) is 0 Å². The number of anilines is 2. The van der Waals surface area contributed by atoms with Crippen molar-refractivity contribution in [2.45, 2.75) is 37.8 Å². The number of pyridine rings is 1. The van der Waals surface area contributed by atoms with Gasteiger partial charge in [0.05, 0.1) is 16.8 Å². The number of benzene rings is 2. The van der Waals surface area contributed by atoms with Crippen LogP contribution in [0.25, 0.3) is 0 Å². The van der Waals surface area contributed by atoms with Gasteiger partial charge in [-0.05, 0) is 73.2 Å². The molecule has 2 aromatic carbocycles. The van der Waals surface area contributed by atoms with Crippen LogP contribution in [0.2, 0.25) is 5.02 Å². The number of halogens is 1. The molecule has 1 atom stereocenters. The molecule has 0 radical (unpaired) electrons. The SMILES string of the molecule is CN(C(=O)NC1CCc2cc(C(=O)N(C)C3CCN(c4ccncc4)CC3)ccc21)c1ccccc1Cl. The lowest BCUT2D eigenvalue weighted by atomic mass is 10.0. The Morgan fingerprint density at radius 1 is 1.00 bits per heavy atom. The molecule has 3 amide bonds. The smallest absolute Gasteiger partial charge is 0.322 e. The molecule has 5 rings (SSSR count). The van der Waals surface area contributed by atoms with Crippen molar-refractivity contribution >= 4 is 34.9 Å². The van der Waals surface area contributed by atoms with Crippen molar-refractivity contribution in [3.05, 3.63) is 88.7 Å². The second-order valence-electron chi connectivity index (χ2n) is 9.80. The van der Waals surface area contributed by atoms with Gasteiger partial charge in [-0.25, -0.2) is 4.79 Å². The van der Waals surface area contributed by atoms with Crippen LogP contribution < -0.4 is 15.1 Å². The number of carbonyl (C=O) groups excluding carboxylic acids is 2. The first-order valence-corrected chi connectivity index (χ1v) is 13.1. The van der Waals surface area contributed by atoms with Crippen molar-refractivity contribution in [1.82, 2.24) is 15.2 Å². The molecule has 0 bridgehead atoms. The minimum Gasteiger partial charge on any atom is -0.371 e. The summed E-state index contributed by atoms with van der Waals surface area (Å²) in [5.74, 6) is 0.0519. The number of nitrogens with zero attached hydrogens (tertiary/aromatic N) is 4. The first-order chi connectivity index (χ1) is 17.9. The van der Waals surface area contributed by atoms with Crippen LogP contribution in [0.4, 0.5) is 16.2 Å². The number of carbonyl (C=O) groups is 2. The zero-order valence-corrected chi connectivity index (χ0v) is 22.0. The Morgan fingerprint density at radius 2 is 1.73 bits per heavy atom. The van der Waals surface area contributed by atoms with Crippen molar-refractivity contribution in [3.63, 3.8) is 0 Å². The third-order valence-electron chi connectivity index (χ3n) is 7.64. The number of urea groups is 1. The number of fused-ring (bicyclic) bond motifs is 1. The van der Waals surface area contributed by atoms with Gasteiger partial charge in [0.1, 0.15) is 0 Å². The average molecular weight is 518 g/mol. The first-order valence-electron chi connectivity index (χ1n) is 12.8. The first kappa shape index (κ1) is 25.1. The molecule has 1 aliphatic carbocycles. The molecule has 1 saturated heterocycles. The van der Waals surface area contributed by atoms with Crippen LogP contribution >= 0.6 is 11.6 Å². The number of hydrogen-bond acceptors (Lipinski definition) is 4. The second kappa shape index (κ2) is 10.8. The number of nitrogens with one attached hydrogen (secondary N) is 1. The zero-order chi connectivity index (χ0) is 25.9. The molecule has 192 valence electrons. The topological polar surface area (TPSA) is 68.8 Å². The van der Waals surface area contributed by atoms with Crippen LogP contribution in [-0.4, -0.2) is 55.0 Å². The van der Waals surface area contributed by atoms with Gasteiger partial charge < -0.3 is 15.1 Å². The quantitative estimate of drug-likeness (QED) is 0.498. The summed E-state index contributed by atoms with van der Waals surface area (Å²) < 4.78 is 0. The second-order valence-corrected chi connectivity index (χ2v) is 10.2. The van der Waals surface area contributed by atoms with Crippen molar-refractivity contribution in [3.8, 4) is 0 Å². The molecule has 1 aliphatic heterocycles. The number of hydrogen-bond donors (Lipinski definition) is 1. The van der Waals surface area contributed by atoms with Crippen molar-refractivity contribution in [1.29, 1.82) is 0 Å². The van der Waals surface area contributed by atoms with E-state index in [0.717, 1.165) is 49.9 Å². The van der Waals surface area contributed by atoms with Gasteiger partial charge in [-0.2, -0.15) is 0 Å². The normalized spacial score (nSPS) is 17.3. The number of para-hydroxylation sites is 1. The number of piperidine rings is 1. The third kappa shape index (κ3) is 5.27. The van der Waals surface area contributed by atoms with Crippen LogP contribution in [-0.2, 0) is 6.42 Å². The van der Waals surface area contributed by atoms with E-state index in [1.165, 1.54) is 10.6 Å². The van der Waals surface area contributed by atoms with Crippen LogP contribution in [0.3, 0.4) is 0 Å². The number of rotatable bonds is 5. The Hall–Kier alpha value is -3.58. The minimum absolute atomic E-state index is 0.0519. The Bertz CT molecular complexity index is 1280. The Morgan fingerprint density at radius 3 is 2.46 bits per heavy atom. The highest BCUT2D eigenvalue weighted by molar-refractivity contribution is 6.33. The number of aromatic nitrogens is 1. The lowest BCUT2D eigenvalue weighted by Crippen LogP contribution is -2.45. The van der Waals surface area contributed by atoms with Gasteiger partial charge in [0.15, 0.2) is 0 Å². The summed E-state index contributed by atoms with van der Waals surface area (Å²) in [5, 5.41) is 3.66. The van der Waals surface area contributed by atoms with E-state index in [2.05, 4.69) is 15.2 Å². The van der Waals surface area contributed by atoms with Crippen LogP contribution in [0, 0.1) is 0 Å². The molecule has 0 spiro atoms. The molecule has 0 saturated carbocycles. The van der Waals surface area contributed by atoms with E-state index in [-0.39, 0.29) is 24.0 Å². The molecule has 7 nitrogen and oxygen atoms in total. The number of aryl methyl sites for hydroxylation is 1. The van der Waals surface area contributed by atoms with Gasteiger partial charge in [0, 0.05) is 56.9 Å². The third-order valence-corrected chi connectivity index (χ3v) is 7.96. The summed E-state index contributed by atoms with van der Waals surface area (Å²) in [6.45, 7) is 1.83. The van der Waals surface area contributed by atoms with E-state index in [9.17, 15) is 9.59 Å². The van der Waals surface area contributed by atoms with E-state index in [1.807, 2.05) is 72.9 Å². The fourth-order valence-corrected chi connectivity index (χ4v) is 5.68. The van der Waals surface area contributed by atoms with Crippen LogP contribution in [0.5, 0.6) is 0 Å². The summed E-state index contributed by atoms with van der Waals surface area (Å²) in [7, 11) is 3.63. The maximum atomic E-state index is 13.3.